The van der Waals surface area contributed by atoms with Gasteiger partial charge >= 0.3 is 0 Å². The SMILES string of the molecule is CCCC(CCO)CNC(=NCC(=O)NC1CCCCC1)NCC.I. The number of amides is 1. The van der Waals surface area contributed by atoms with Gasteiger partial charge in [-0.15, -0.1) is 24.0 Å². The highest BCUT2D eigenvalue weighted by Crippen LogP contribution is 2.17. The topological polar surface area (TPSA) is 85.8 Å². The Hall–Kier alpha value is -0.570. The summed E-state index contributed by atoms with van der Waals surface area (Å²) in [6.45, 7) is 6.06. The van der Waals surface area contributed by atoms with E-state index in [9.17, 15) is 4.79 Å². The van der Waals surface area contributed by atoms with Crippen molar-refractivity contribution >= 4 is 35.8 Å². The zero-order chi connectivity index (χ0) is 17.6. The van der Waals surface area contributed by atoms with Crippen LogP contribution in [0.25, 0.3) is 0 Å². The molecular weight excluding hydrogens is 431 g/mol. The fourth-order valence-corrected chi connectivity index (χ4v) is 3.19. The average Bonchev–Trinajstić information content (AvgIpc) is 2.58. The molecule has 148 valence electrons. The van der Waals surface area contributed by atoms with Gasteiger partial charge in [0.25, 0.3) is 0 Å². The second-order valence-corrected chi connectivity index (χ2v) is 6.65. The van der Waals surface area contributed by atoms with Gasteiger partial charge in [0, 0.05) is 25.7 Å². The van der Waals surface area contributed by atoms with E-state index in [1.807, 2.05) is 6.92 Å². The molecule has 4 N–H and O–H groups in total. The Labute approximate surface area is 170 Å². The number of aliphatic hydroxyl groups excluding tert-OH is 1. The fraction of sp³-hybridized carbons (Fsp3) is 0.889. The number of carbonyl (C=O) groups is 1. The summed E-state index contributed by atoms with van der Waals surface area (Å²) >= 11 is 0. The van der Waals surface area contributed by atoms with Crippen LogP contribution in [0.2, 0.25) is 0 Å². The summed E-state index contributed by atoms with van der Waals surface area (Å²) in [5, 5.41) is 18.7. The molecular formula is C18H37IN4O2. The van der Waals surface area contributed by atoms with Gasteiger partial charge in [-0.05, 0) is 38.5 Å². The number of aliphatic imine (C=N–C) groups is 1. The monoisotopic (exact) mass is 468 g/mol. The van der Waals surface area contributed by atoms with Crippen LogP contribution in [0.15, 0.2) is 4.99 Å². The number of guanidine groups is 1. The normalized spacial score (nSPS) is 16.7. The molecule has 1 saturated carbocycles. The number of hydrogen-bond donors (Lipinski definition) is 4. The maximum atomic E-state index is 12.1. The Morgan fingerprint density at radius 1 is 1.16 bits per heavy atom. The molecule has 0 aliphatic heterocycles. The minimum Gasteiger partial charge on any atom is -0.396 e. The van der Waals surface area contributed by atoms with E-state index in [1.165, 1.54) is 19.3 Å². The molecule has 0 aromatic carbocycles. The first-order chi connectivity index (χ1) is 11.7. The second-order valence-electron chi connectivity index (χ2n) is 6.65. The Balaban J connectivity index is 0.00000576. The third kappa shape index (κ3) is 11.6. The molecule has 1 aliphatic carbocycles. The van der Waals surface area contributed by atoms with Crippen molar-refractivity contribution in [3.8, 4) is 0 Å². The Bertz CT molecular complexity index is 368. The highest BCUT2D eigenvalue weighted by molar-refractivity contribution is 14.0. The molecule has 0 aromatic rings. The number of aliphatic hydroxyl groups is 1. The van der Waals surface area contributed by atoms with Crippen LogP contribution >= 0.6 is 24.0 Å². The van der Waals surface area contributed by atoms with Crippen LogP contribution in [0.1, 0.15) is 65.2 Å². The number of carbonyl (C=O) groups excluding carboxylic acids is 1. The van der Waals surface area contributed by atoms with Gasteiger partial charge in [0.15, 0.2) is 5.96 Å². The lowest BCUT2D eigenvalue weighted by molar-refractivity contribution is -0.120. The van der Waals surface area contributed by atoms with E-state index in [-0.39, 0.29) is 43.0 Å². The van der Waals surface area contributed by atoms with Crippen molar-refractivity contribution in [1.29, 1.82) is 0 Å². The number of nitrogens with one attached hydrogen (secondary N) is 3. The minimum atomic E-state index is -0.000399. The van der Waals surface area contributed by atoms with Crippen LogP contribution in [0.3, 0.4) is 0 Å². The van der Waals surface area contributed by atoms with E-state index in [0.717, 1.165) is 45.2 Å². The highest BCUT2D eigenvalue weighted by atomic mass is 127. The molecule has 7 heteroatoms. The van der Waals surface area contributed by atoms with Gasteiger partial charge in [-0.2, -0.15) is 0 Å². The molecule has 1 fully saturated rings. The molecule has 1 unspecified atom stereocenters. The Kier molecular flexibility index (Phi) is 15.3. The van der Waals surface area contributed by atoms with Crippen LogP contribution in [0.4, 0.5) is 0 Å². The molecule has 0 aromatic heterocycles. The third-order valence-corrected chi connectivity index (χ3v) is 4.49. The lowest BCUT2D eigenvalue weighted by Gasteiger charge is -2.22. The summed E-state index contributed by atoms with van der Waals surface area (Å²) in [6, 6.07) is 0.329. The standard InChI is InChI=1S/C18H36N4O2.HI/c1-3-8-15(11-12-23)13-20-18(19-4-2)21-14-17(24)22-16-9-6-5-7-10-16;/h15-16,23H,3-14H2,1-2H3,(H,22,24)(H2,19,20,21);1H. The minimum absolute atomic E-state index is 0. The van der Waals surface area contributed by atoms with Crippen LogP contribution < -0.4 is 16.0 Å². The van der Waals surface area contributed by atoms with Crippen molar-refractivity contribution in [2.75, 3.05) is 26.2 Å². The Morgan fingerprint density at radius 2 is 1.88 bits per heavy atom. The van der Waals surface area contributed by atoms with Gasteiger partial charge in [0.2, 0.25) is 5.91 Å². The van der Waals surface area contributed by atoms with Crippen molar-refractivity contribution in [3.05, 3.63) is 0 Å². The molecule has 6 nitrogen and oxygen atoms in total. The van der Waals surface area contributed by atoms with Gasteiger partial charge in [0.05, 0.1) is 0 Å². The molecule has 1 rings (SSSR count). The molecule has 0 spiro atoms. The first kappa shape index (κ1) is 24.4. The summed E-state index contributed by atoms with van der Waals surface area (Å²) in [6.07, 6.45) is 8.86. The van der Waals surface area contributed by atoms with Crippen molar-refractivity contribution in [2.24, 2.45) is 10.9 Å². The van der Waals surface area contributed by atoms with E-state index >= 15 is 0 Å². The number of hydrogen-bond acceptors (Lipinski definition) is 3. The van der Waals surface area contributed by atoms with Crippen molar-refractivity contribution < 1.29 is 9.90 Å². The summed E-state index contributed by atoms with van der Waals surface area (Å²) in [5.41, 5.74) is 0. The van der Waals surface area contributed by atoms with Crippen LogP contribution in [-0.4, -0.2) is 49.3 Å². The summed E-state index contributed by atoms with van der Waals surface area (Å²) in [7, 11) is 0. The molecule has 1 amide bonds. The van der Waals surface area contributed by atoms with Crippen LogP contribution in [0, 0.1) is 5.92 Å². The zero-order valence-corrected chi connectivity index (χ0v) is 18.2. The summed E-state index contributed by atoms with van der Waals surface area (Å²) < 4.78 is 0. The Morgan fingerprint density at radius 3 is 2.48 bits per heavy atom. The smallest absolute Gasteiger partial charge is 0.242 e. The maximum absolute atomic E-state index is 12.1. The first-order valence-corrected chi connectivity index (χ1v) is 9.61. The predicted octanol–water partition coefficient (Wildman–Crippen LogP) is 2.41. The second kappa shape index (κ2) is 15.7. The van der Waals surface area contributed by atoms with E-state index in [4.69, 9.17) is 5.11 Å². The van der Waals surface area contributed by atoms with Crippen molar-refractivity contribution in [3.63, 3.8) is 0 Å². The number of nitrogens with zero attached hydrogens (tertiary/aromatic N) is 1. The quantitative estimate of drug-likeness (QED) is 0.225. The van der Waals surface area contributed by atoms with Crippen molar-refractivity contribution in [2.45, 2.75) is 71.3 Å². The van der Waals surface area contributed by atoms with Gasteiger partial charge in [0.1, 0.15) is 6.54 Å². The molecule has 25 heavy (non-hydrogen) atoms. The average molecular weight is 468 g/mol. The van der Waals surface area contributed by atoms with Gasteiger partial charge in [-0.1, -0.05) is 32.6 Å². The molecule has 1 atom stereocenters. The maximum Gasteiger partial charge on any atom is 0.242 e. The van der Waals surface area contributed by atoms with Crippen LogP contribution in [-0.2, 0) is 4.79 Å². The van der Waals surface area contributed by atoms with E-state index in [0.29, 0.717) is 17.9 Å². The van der Waals surface area contributed by atoms with E-state index < -0.39 is 0 Å². The summed E-state index contributed by atoms with van der Waals surface area (Å²) in [5.74, 6) is 1.11. The molecule has 0 heterocycles. The van der Waals surface area contributed by atoms with E-state index in [1.54, 1.807) is 0 Å². The lowest BCUT2D eigenvalue weighted by Crippen LogP contribution is -2.42. The number of halogens is 1. The van der Waals surface area contributed by atoms with Gasteiger partial charge < -0.3 is 21.1 Å². The third-order valence-electron chi connectivity index (χ3n) is 4.49. The van der Waals surface area contributed by atoms with Gasteiger partial charge in [-0.3, -0.25) is 4.79 Å². The summed E-state index contributed by atoms with van der Waals surface area (Å²) in [4.78, 5) is 16.4. The molecule has 0 radical (unpaired) electrons. The van der Waals surface area contributed by atoms with Crippen molar-refractivity contribution in [1.82, 2.24) is 16.0 Å². The molecule has 1 aliphatic rings. The lowest BCUT2D eigenvalue weighted by atomic mass is 9.95. The van der Waals surface area contributed by atoms with Gasteiger partial charge in [-0.25, -0.2) is 4.99 Å². The first-order valence-electron chi connectivity index (χ1n) is 9.61. The molecule has 0 saturated heterocycles. The largest absolute Gasteiger partial charge is 0.396 e. The fourth-order valence-electron chi connectivity index (χ4n) is 3.19. The zero-order valence-electron chi connectivity index (χ0n) is 15.9. The number of rotatable bonds is 10. The molecule has 0 bridgehead atoms. The van der Waals surface area contributed by atoms with E-state index in [2.05, 4.69) is 27.9 Å². The van der Waals surface area contributed by atoms with Crippen LogP contribution in [0.5, 0.6) is 0 Å². The predicted molar refractivity (Wildman–Crippen MR) is 115 cm³/mol. The highest BCUT2D eigenvalue weighted by Gasteiger charge is 2.15.